The summed E-state index contributed by atoms with van der Waals surface area (Å²) in [4.78, 5) is 0. The van der Waals surface area contributed by atoms with E-state index in [0.717, 1.165) is 19.3 Å². The summed E-state index contributed by atoms with van der Waals surface area (Å²) in [5, 5.41) is 5.45. The molecular formula is C33H28. The van der Waals surface area contributed by atoms with Gasteiger partial charge < -0.3 is 0 Å². The second-order valence-corrected chi connectivity index (χ2v) is 9.29. The van der Waals surface area contributed by atoms with E-state index in [1.807, 2.05) is 0 Å². The maximum atomic E-state index is 2.46. The standard InChI is InChI=1S/C33H28/c1-23-11-10-16-26(21-23)27-19-20-30-31(22-27)33(25-14-6-3-7-15-25)29-18-9-8-17-28(29)32(30)24-12-4-2-5-13-24/h2-7,10,12-23H,8-9,11H2,1H3. The Morgan fingerprint density at radius 3 is 1.85 bits per heavy atom. The van der Waals surface area contributed by atoms with Gasteiger partial charge in [-0.05, 0) is 85.8 Å². The maximum absolute atomic E-state index is 2.46. The number of hydrogen-bond acceptors (Lipinski definition) is 0. The van der Waals surface area contributed by atoms with Gasteiger partial charge >= 0.3 is 0 Å². The molecule has 0 amide bonds. The van der Waals surface area contributed by atoms with E-state index in [9.17, 15) is 0 Å². The van der Waals surface area contributed by atoms with Gasteiger partial charge in [-0.25, -0.2) is 0 Å². The summed E-state index contributed by atoms with van der Waals surface area (Å²) in [5.74, 6) is 0.584. The fourth-order valence-corrected chi connectivity index (χ4v) is 5.45. The molecule has 0 bridgehead atoms. The Hall–Kier alpha value is -3.64. The highest BCUT2D eigenvalue weighted by Crippen LogP contribution is 2.35. The van der Waals surface area contributed by atoms with Crippen molar-refractivity contribution in [3.63, 3.8) is 0 Å². The van der Waals surface area contributed by atoms with E-state index in [1.165, 1.54) is 54.6 Å². The molecule has 0 fully saturated rings. The first-order chi connectivity index (χ1) is 16.3. The lowest BCUT2D eigenvalue weighted by molar-refractivity contribution is 0.740. The lowest BCUT2D eigenvalue weighted by Gasteiger charge is -2.19. The second kappa shape index (κ2) is 8.37. The van der Waals surface area contributed by atoms with Crippen molar-refractivity contribution >= 4 is 28.5 Å². The van der Waals surface area contributed by atoms with Crippen LogP contribution in [0.25, 0.3) is 50.8 Å². The van der Waals surface area contributed by atoms with Crippen LogP contribution in [0.1, 0.15) is 31.7 Å². The molecule has 0 aliphatic heterocycles. The van der Waals surface area contributed by atoms with Gasteiger partial charge in [0.05, 0.1) is 0 Å². The molecule has 6 rings (SSSR count). The van der Waals surface area contributed by atoms with Crippen LogP contribution < -0.4 is 10.4 Å². The van der Waals surface area contributed by atoms with Gasteiger partial charge in [0, 0.05) is 0 Å². The molecule has 160 valence electrons. The smallest absolute Gasteiger partial charge is 0.00295 e. The van der Waals surface area contributed by atoms with Crippen molar-refractivity contribution in [1.82, 2.24) is 0 Å². The monoisotopic (exact) mass is 424 g/mol. The number of hydrogen-bond donors (Lipinski definition) is 0. The van der Waals surface area contributed by atoms with Crippen LogP contribution in [-0.4, -0.2) is 0 Å². The van der Waals surface area contributed by atoms with Crippen LogP contribution in [0.2, 0.25) is 0 Å². The largest absolute Gasteiger partial charge is 0.0834 e. The topological polar surface area (TPSA) is 0 Å². The number of fused-ring (bicyclic) bond motifs is 2. The molecule has 0 heterocycles. The lowest BCUT2D eigenvalue weighted by atomic mass is 9.84. The van der Waals surface area contributed by atoms with Gasteiger partial charge in [0.15, 0.2) is 0 Å². The van der Waals surface area contributed by atoms with Crippen molar-refractivity contribution in [2.45, 2.75) is 26.2 Å². The van der Waals surface area contributed by atoms with E-state index < -0.39 is 0 Å². The molecule has 2 aliphatic rings. The summed E-state index contributed by atoms with van der Waals surface area (Å²) < 4.78 is 0. The zero-order valence-corrected chi connectivity index (χ0v) is 19.1. The molecule has 0 heteroatoms. The van der Waals surface area contributed by atoms with Crippen LogP contribution in [0.5, 0.6) is 0 Å². The van der Waals surface area contributed by atoms with Crippen LogP contribution >= 0.6 is 0 Å². The van der Waals surface area contributed by atoms with Crippen molar-refractivity contribution in [2.24, 2.45) is 5.92 Å². The number of allylic oxidation sites excluding steroid dienone is 4. The van der Waals surface area contributed by atoms with Crippen molar-refractivity contribution in [1.29, 1.82) is 0 Å². The Bertz CT molecular complexity index is 1520. The van der Waals surface area contributed by atoms with Crippen molar-refractivity contribution in [2.75, 3.05) is 0 Å². The van der Waals surface area contributed by atoms with Gasteiger partial charge in [0.25, 0.3) is 0 Å². The molecular weight excluding hydrogens is 396 g/mol. The Labute approximate surface area is 195 Å². The summed E-state index contributed by atoms with van der Waals surface area (Å²) in [6, 6.07) is 29.0. The maximum Gasteiger partial charge on any atom is -0.00295 e. The van der Waals surface area contributed by atoms with Crippen LogP contribution in [0.15, 0.2) is 97.1 Å². The lowest BCUT2D eigenvalue weighted by Crippen LogP contribution is -2.31. The first kappa shape index (κ1) is 20.0. The highest BCUT2D eigenvalue weighted by Gasteiger charge is 2.17. The molecule has 1 unspecified atom stereocenters. The molecule has 0 radical (unpaired) electrons. The van der Waals surface area contributed by atoms with Gasteiger partial charge in [-0.2, -0.15) is 0 Å². The first-order valence-electron chi connectivity index (χ1n) is 12.1. The molecule has 0 saturated carbocycles. The summed E-state index contributed by atoms with van der Waals surface area (Å²) in [6.45, 7) is 2.30. The summed E-state index contributed by atoms with van der Waals surface area (Å²) in [6.07, 6.45) is 15.2. The molecule has 33 heavy (non-hydrogen) atoms. The van der Waals surface area contributed by atoms with E-state index in [1.54, 1.807) is 0 Å². The molecule has 0 aromatic heterocycles. The molecule has 4 aromatic rings. The Morgan fingerprint density at radius 2 is 1.24 bits per heavy atom. The van der Waals surface area contributed by atoms with Crippen molar-refractivity contribution in [3.8, 4) is 22.3 Å². The normalized spacial score (nSPS) is 17.1. The van der Waals surface area contributed by atoms with E-state index >= 15 is 0 Å². The van der Waals surface area contributed by atoms with E-state index in [4.69, 9.17) is 0 Å². The first-order valence-corrected chi connectivity index (χ1v) is 12.1. The fraction of sp³-hybridized carbons (Fsp3) is 0.152. The molecule has 4 aromatic carbocycles. The van der Waals surface area contributed by atoms with Crippen LogP contribution in [-0.2, 0) is 0 Å². The molecule has 0 spiro atoms. The molecule has 2 aliphatic carbocycles. The fourth-order valence-electron chi connectivity index (χ4n) is 5.45. The average molecular weight is 425 g/mol. The molecule has 0 saturated heterocycles. The van der Waals surface area contributed by atoms with Gasteiger partial charge in [0.2, 0.25) is 0 Å². The summed E-state index contributed by atoms with van der Waals surface area (Å²) >= 11 is 0. The minimum Gasteiger partial charge on any atom is -0.0834 e. The zero-order valence-electron chi connectivity index (χ0n) is 19.1. The molecule has 0 N–H and O–H groups in total. The SMILES string of the molecule is CC1C=C(c2ccc3c(-c4ccccc4)c4c(c(-c5ccccc5)c3c2)=CCCC=4)C=CC1. The third-order valence-electron chi connectivity index (χ3n) is 6.98. The van der Waals surface area contributed by atoms with Crippen LogP contribution in [0, 0.1) is 5.92 Å². The van der Waals surface area contributed by atoms with E-state index in [2.05, 4.69) is 116 Å². The van der Waals surface area contributed by atoms with Gasteiger partial charge in [-0.3, -0.25) is 0 Å². The minimum absolute atomic E-state index is 0.584. The Morgan fingerprint density at radius 1 is 0.636 bits per heavy atom. The van der Waals surface area contributed by atoms with E-state index in [-0.39, 0.29) is 0 Å². The highest BCUT2D eigenvalue weighted by molar-refractivity contribution is 6.07. The van der Waals surface area contributed by atoms with Crippen LogP contribution in [0.4, 0.5) is 0 Å². The van der Waals surface area contributed by atoms with Crippen molar-refractivity contribution in [3.05, 3.63) is 113 Å². The Kier molecular flexibility index (Phi) is 5.07. The van der Waals surface area contributed by atoms with E-state index in [0.29, 0.717) is 5.92 Å². The second-order valence-electron chi connectivity index (χ2n) is 9.29. The van der Waals surface area contributed by atoms with Gasteiger partial charge in [-0.1, -0.05) is 110 Å². The van der Waals surface area contributed by atoms with Gasteiger partial charge in [0.1, 0.15) is 0 Å². The van der Waals surface area contributed by atoms with Gasteiger partial charge in [-0.15, -0.1) is 0 Å². The number of benzene rings is 4. The van der Waals surface area contributed by atoms with Crippen molar-refractivity contribution < 1.29 is 0 Å². The van der Waals surface area contributed by atoms with Crippen LogP contribution in [0.3, 0.4) is 0 Å². The third-order valence-corrected chi connectivity index (χ3v) is 6.98. The predicted octanol–water partition coefficient (Wildman–Crippen LogP) is 7.51. The predicted molar refractivity (Wildman–Crippen MR) is 143 cm³/mol. The number of rotatable bonds is 3. The zero-order chi connectivity index (χ0) is 22.2. The third kappa shape index (κ3) is 3.56. The highest BCUT2D eigenvalue weighted by atomic mass is 14.2. The molecule has 1 atom stereocenters. The average Bonchev–Trinajstić information content (AvgIpc) is 2.88. The summed E-state index contributed by atoms with van der Waals surface area (Å²) in [5.41, 5.74) is 7.97. The molecule has 0 nitrogen and oxygen atoms in total. The quantitative estimate of drug-likeness (QED) is 0.319. The minimum atomic E-state index is 0.584. The Balaban J connectivity index is 1.76. The summed E-state index contributed by atoms with van der Waals surface area (Å²) in [7, 11) is 0.